The molecule has 0 amide bonds. The Hall–Kier alpha value is -1.18. The molecular weight excluding hydrogens is 280 g/mol. The maximum atomic E-state index is 11.1. The van der Waals surface area contributed by atoms with Crippen molar-refractivity contribution in [3.05, 3.63) is 11.1 Å². The molecule has 2 rings (SSSR count). The second-order valence-electron chi connectivity index (χ2n) is 4.76. The molecule has 1 aromatic rings. The van der Waals surface area contributed by atoms with Crippen LogP contribution in [0.1, 0.15) is 18.5 Å². The van der Waals surface area contributed by atoms with E-state index < -0.39 is 0 Å². The fourth-order valence-electron chi connectivity index (χ4n) is 2.03. The minimum absolute atomic E-state index is 0.214. The molecular formula is C13H20N2O4S. The fraction of sp³-hybridized carbons (Fsp3) is 0.692. The SMILES string of the molecule is COC(=O)CCc1csc(NCC2(OC)CCOC2)n1. The zero-order chi connectivity index (χ0) is 14.4. The van der Waals surface area contributed by atoms with E-state index in [0.717, 1.165) is 23.9 Å². The summed E-state index contributed by atoms with van der Waals surface area (Å²) in [5, 5.41) is 6.08. The van der Waals surface area contributed by atoms with Gasteiger partial charge < -0.3 is 19.5 Å². The van der Waals surface area contributed by atoms with Crippen molar-refractivity contribution in [2.75, 3.05) is 39.3 Å². The third-order valence-corrected chi connectivity index (χ3v) is 4.28. The lowest BCUT2D eigenvalue weighted by atomic mass is 10.0. The van der Waals surface area contributed by atoms with Gasteiger partial charge in [0, 0.05) is 38.5 Å². The molecule has 1 atom stereocenters. The highest BCUT2D eigenvalue weighted by Gasteiger charge is 2.34. The maximum absolute atomic E-state index is 11.1. The van der Waals surface area contributed by atoms with Crippen LogP contribution in [0.15, 0.2) is 5.38 Å². The van der Waals surface area contributed by atoms with E-state index in [1.54, 1.807) is 7.11 Å². The number of carbonyl (C=O) groups is 1. The Morgan fingerprint density at radius 1 is 1.60 bits per heavy atom. The summed E-state index contributed by atoms with van der Waals surface area (Å²) in [7, 11) is 3.10. The lowest BCUT2D eigenvalue weighted by Crippen LogP contribution is -2.39. The van der Waals surface area contributed by atoms with Crippen LogP contribution in [0.2, 0.25) is 0 Å². The number of nitrogens with one attached hydrogen (secondary N) is 1. The van der Waals surface area contributed by atoms with Crippen LogP contribution in [0.5, 0.6) is 0 Å². The summed E-state index contributed by atoms with van der Waals surface area (Å²) in [6.45, 7) is 2.02. The maximum Gasteiger partial charge on any atom is 0.305 e. The van der Waals surface area contributed by atoms with Crippen LogP contribution in [-0.2, 0) is 25.4 Å². The van der Waals surface area contributed by atoms with Crippen molar-refractivity contribution >= 4 is 22.4 Å². The van der Waals surface area contributed by atoms with Gasteiger partial charge in [-0.15, -0.1) is 11.3 Å². The second kappa shape index (κ2) is 7.01. The molecule has 1 aliphatic rings. The Kier molecular flexibility index (Phi) is 5.33. The fourth-order valence-corrected chi connectivity index (χ4v) is 2.78. The summed E-state index contributed by atoms with van der Waals surface area (Å²) in [5.74, 6) is -0.214. The van der Waals surface area contributed by atoms with Gasteiger partial charge in [-0.25, -0.2) is 4.98 Å². The topological polar surface area (TPSA) is 69.7 Å². The van der Waals surface area contributed by atoms with E-state index in [9.17, 15) is 4.79 Å². The number of rotatable bonds is 7. The molecule has 0 aromatic carbocycles. The van der Waals surface area contributed by atoms with E-state index in [0.29, 0.717) is 26.0 Å². The van der Waals surface area contributed by atoms with E-state index in [4.69, 9.17) is 9.47 Å². The molecule has 0 radical (unpaired) electrons. The molecule has 1 saturated heterocycles. The lowest BCUT2D eigenvalue weighted by Gasteiger charge is -2.25. The number of hydrogen-bond acceptors (Lipinski definition) is 7. The number of hydrogen-bond donors (Lipinski definition) is 1. The van der Waals surface area contributed by atoms with E-state index in [1.807, 2.05) is 5.38 Å². The van der Waals surface area contributed by atoms with Gasteiger partial charge in [0.05, 0.1) is 25.8 Å². The Morgan fingerprint density at radius 2 is 2.45 bits per heavy atom. The van der Waals surface area contributed by atoms with Crippen LogP contribution < -0.4 is 5.32 Å². The predicted octanol–water partition coefficient (Wildman–Crippen LogP) is 1.47. The van der Waals surface area contributed by atoms with E-state index in [1.165, 1.54) is 18.4 Å². The molecule has 7 heteroatoms. The molecule has 1 unspecified atom stereocenters. The zero-order valence-electron chi connectivity index (χ0n) is 11.8. The van der Waals surface area contributed by atoms with Crippen molar-refractivity contribution in [2.24, 2.45) is 0 Å². The van der Waals surface area contributed by atoms with Crippen molar-refractivity contribution < 1.29 is 19.0 Å². The number of esters is 1. The van der Waals surface area contributed by atoms with Crippen molar-refractivity contribution in [3.8, 4) is 0 Å². The number of thiazole rings is 1. The summed E-state index contributed by atoms with van der Waals surface area (Å²) in [6, 6.07) is 0. The van der Waals surface area contributed by atoms with Crippen molar-refractivity contribution in [1.29, 1.82) is 0 Å². The van der Waals surface area contributed by atoms with Gasteiger partial charge in [-0.2, -0.15) is 0 Å². The Labute approximate surface area is 122 Å². The normalized spacial score (nSPS) is 21.9. The quantitative estimate of drug-likeness (QED) is 0.769. The smallest absolute Gasteiger partial charge is 0.305 e. The molecule has 1 N–H and O–H groups in total. The molecule has 0 saturated carbocycles. The van der Waals surface area contributed by atoms with E-state index >= 15 is 0 Å². The molecule has 1 fully saturated rings. The highest BCUT2D eigenvalue weighted by molar-refractivity contribution is 7.13. The molecule has 6 nitrogen and oxygen atoms in total. The Morgan fingerprint density at radius 3 is 3.10 bits per heavy atom. The van der Waals surface area contributed by atoms with Gasteiger partial charge in [0.15, 0.2) is 5.13 Å². The summed E-state index contributed by atoms with van der Waals surface area (Å²) < 4.78 is 15.6. The number of ether oxygens (including phenoxy) is 3. The average molecular weight is 300 g/mol. The molecule has 0 aliphatic carbocycles. The van der Waals surface area contributed by atoms with Crippen molar-refractivity contribution in [2.45, 2.75) is 24.9 Å². The largest absolute Gasteiger partial charge is 0.469 e. The van der Waals surface area contributed by atoms with Crippen LogP contribution in [0.4, 0.5) is 5.13 Å². The van der Waals surface area contributed by atoms with Gasteiger partial charge in [0.25, 0.3) is 0 Å². The van der Waals surface area contributed by atoms with Gasteiger partial charge in [0.2, 0.25) is 0 Å². The first-order valence-corrected chi connectivity index (χ1v) is 7.43. The number of methoxy groups -OCH3 is 2. The van der Waals surface area contributed by atoms with E-state index in [-0.39, 0.29) is 11.6 Å². The monoisotopic (exact) mass is 300 g/mol. The number of anilines is 1. The minimum atomic E-state index is -0.252. The molecule has 112 valence electrons. The molecule has 2 heterocycles. The minimum Gasteiger partial charge on any atom is -0.469 e. The summed E-state index contributed by atoms with van der Waals surface area (Å²) >= 11 is 1.53. The van der Waals surface area contributed by atoms with Gasteiger partial charge in [0.1, 0.15) is 5.60 Å². The number of carbonyl (C=O) groups excluding carboxylic acids is 1. The van der Waals surface area contributed by atoms with Crippen LogP contribution in [0.25, 0.3) is 0 Å². The van der Waals surface area contributed by atoms with Gasteiger partial charge in [-0.1, -0.05) is 0 Å². The highest BCUT2D eigenvalue weighted by Crippen LogP contribution is 2.24. The summed E-state index contributed by atoms with van der Waals surface area (Å²) in [5.41, 5.74) is 0.648. The van der Waals surface area contributed by atoms with Gasteiger partial charge >= 0.3 is 5.97 Å². The molecule has 20 heavy (non-hydrogen) atoms. The first kappa shape index (κ1) is 15.2. The number of nitrogens with zero attached hydrogens (tertiary/aromatic N) is 1. The molecule has 1 aromatic heterocycles. The van der Waals surface area contributed by atoms with Crippen LogP contribution in [0, 0.1) is 0 Å². The second-order valence-corrected chi connectivity index (χ2v) is 5.62. The Balaban J connectivity index is 1.82. The first-order chi connectivity index (χ1) is 9.67. The van der Waals surface area contributed by atoms with Gasteiger partial charge in [-0.05, 0) is 0 Å². The molecule has 0 spiro atoms. The third kappa shape index (κ3) is 3.91. The van der Waals surface area contributed by atoms with E-state index in [2.05, 4.69) is 15.0 Å². The summed E-state index contributed by atoms with van der Waals surface area (Å²) in [6.07, 6.45) is 1.84. The Bertz CT molecular complexity index is 443. The summed E-state index contributed by atoms with van der Waals surface area (Å²) in [4.78, 5) is 15.5. The third-order valence-electron chi connectivity index (χ3n) is 3.43. The molecule has 0 bridgehead atoms. The van der Waals surface area contributed by atoms with Crippen molar-refractivity contribution in [1.82, 2.24) is 4.98 Å². The standard InChI is InChI=1S/C13H20N2O4S/c1-17-11(16)4-3-10-7-20-12(15-10)14-8-13(18-2)5-6-19-9-13/h7H,3-6,8-9H2,1-2H3,(H,14,15). The zero-order valence-corrected chi connectivity index (χ0v) is 12.6. The average Bonchev–Trinajstić information content (AvgIpc) is 3.12. The number of aromatic nitrogens is 1. The van der Waals surface area contributed by atoms with Crippen LogP contribution in [-0.4, -0.2) is 50.5 Å². The van der Waals surface area contributed by atoms with Crippen LogP contribution >= 0.6 is 11.3 Å². The molecule has 1 aliphatic heterocycles. The van der Waals surface area contributed by atoms with Crippen LogP contribution in [0.3, 0.4) is 0 Å². The predicted molar refractivity (Wildman–Crippen MR) is 76.1 cm³/mol. The lowest BCUT2D eigenvalue weighted by molar-refractivity contribution is -0.140. The highest BCUT2D eigenvalue weighted by atomic mass is 32.1. The van der Waals surface area contributed by atoms with Crippen molar-refractivity contribution in [3.63, 3.8) is 0 Å². The van der Waals surface area contributed by atoms with Gasteiger partial charge in [-0.3, -0.25) is 4.79 Å². The first-order valence-electron chi connectivity index (χ1n) is 6.55. The number of aryl methyl sites for hydroxylation is 1.